The van der Waals surface area contributed by atoms with Gasteiger partial charge in [-0.15, -0.1) is 0 Å². The summed E-state index contributed by atoms with van der Waals surface area (Å²) in [5.41, 5.74) is 5.81. The third-order valence-corrected chi connectivity index (χ3v) is 2.13. The van der Waals surface area contributed by atoms with Gasteiger partial charge in [-0.25, -0.2) is 4.79 Å². The van der Waals surface area contributed by atoms with Crippen LogP contribution in [0.1, 0.15) is 5.56 Å². The molecule has 0 heterocycles. The van der Waals surface area contributed by atoms with E-state index in [2.05, 4.69) is 4.74 Å². The van der Waals surface area contributed by atoms with Gasteiger partial charge in [0.05, 0.1) is 23.2 Å². The molecule has 1 rings (SSSR count). The molecule has 6 heteroatoms. The Balaban J connectivity index is 3.20. The number of nitro groups is 1. The molecule has 17 heavy (non-hydrogen) atoms. The Morgan fingerprint density at radius 1 is 1.53 bits per heavy atom. The van der Waals surface area contributed by atoms with Crippen LogP contribution in [-0.4, -0.2) is 24.5 Å². The maximum atomic E-state index is 11.3. The first kappa shape index (κ1) is 12.9. The summed E-state index contributed by atoms with van der Waals surface area (Å²) < 4.78 is 4.52. The Kier molecular flexibility index (Phi) is 4.36. The number of nitro benzene ring substituents is 1. The maximum absolute atomic E-state index is 11.3. The summed E-state index contributed by atoms with van der Waals surface area (Å²) in [5.74, 6) is -0.592. The van der Waals surface area contributed by atoms with Gasteiger partial charge >= 0.3 is 5.97 Å². The number of esters is 1. The van der Waals surface area contributed by atoms with Crippen molar-refractivity contribution >= 4 is 17.7 Å². The van der Waals surface area contributed by atoms with E-state index in [1.165, 1.54) is 25.3 Å². The largest absolute Gasteiger partial charge is 0.466 e. The summed E-state index contributed by atoms with van der Waals surface area (Å²) >= 11 is 0. The van der Waals surface area contributed by atoms with E-state index in [4.69, 9.17) is 5.73 Å². The Bertz CT molecular complexity index is 468. The Hall–Kier alpha value is -2.21. The van der Waals surface area contributed by atoms with Gasteiger partial charge < -0.3 is 10.5 Å². The molecule has 0 radical (unpaired) electrons. The molecule has 0 aliphatic heterocycles. The van der Waals surface area contributed by atoms with Gasteiger partial charge in [0.15, 0.2) is 0 Å². The van der Waals surface area contributed by atoms with Gasteiger partial charge in [0.25, 0.3) is 5.69 Å². The highest BCUT2D eigenvalue weighted by Gasteiger charge is 2.13. The number of hydrogen-bond donors (Lipinski definition) is 1. The highest BCUT2D eigenvalue weighted by molar-refractivity contribution is 5.94. The number of hydrogen-bond acceptors (Lipinski definition) is 5. The van der Waals surface area contributed by atoms with Crippen LogP contribution in [0.15, 0.2) is 29.8 Å². The van der Waals surface area contributed by atoms with E-state index >= 15 is 0 Å². The fourth-order valence-electron chi connectivity index (χ4n) is 1.30. The van der Waals surface area contributed by atoms with E-state index in [9.17, 15) is 14.9 Å². The number of benzene rings is 1. The third-order valence-electron chi connectivity index (χ3n) is 2.13. The number of rotatable bonds is 4. The standard InChI is InChI=1S/C11H12N2O4/c1-17-11(14)9(7-12)6-8-4-2-3-5-10(8)13(15)16/h2-6H,7,12H2,1H3/b9-6+. The van der Waals surface area contributed by atoms with Crippen LogP contribution in [0, 0.1) is 10.1 Å². The summed E-state index contributed by atoms with van der Waals surface area (Å²) in [6, 6.07) is 6.09. The number of nitrogens with zero attached hydrogens (tertiary/aromatic N) is 1. The normalized spacial score (nSPS) is 11.1. The molecule has 0 saturated carbocycles. The number of para-hydroxylation sites is 1. The molecule has 6 nitrogen and oxygen atoms in total. The number of nitrogens with two attached hydrogens (primary N) is 1. The molecule has 2 N–H and O–H groups in total. The van der Waals surface area contributed by atoms with Crippen LogP contribution < -0.4 is 5.73 Å². The lowest BCUT2D eigenvalue weighted by Crippen LogP contribution is -2.14. The van der Waals surface area contributed by atoms with Crippen molar-refractivity contribution in [2.45, 2.75) is 0 Å². The minimum atomic E-state index is -0.592. The zero-order chi connectivity index (χ0) is 12.8. The SMILES string of the molecule is COC(=O)/C(=C/c1ccccc1[N+](=O)[O-])CN. The lowest BCUT2D eigenvalue weighted by molar-refractivity contribution is -0.385. The van der Waals surface area contributed by atoms with E-state index in [1.54, 1.807) is 12.1 Å². The molecule has 0 fully saturated rings. The van der Waals surface area contributed by atoms with Gasteiger partial charge in [0.1, 0.15) is 0 Å². The van der Waals surface area contributed by atoms with E-state index < -0.39 is 10.9 Å². The molecule has 0 spiro atoms. The van der Waals surface area contributed by atoms with Gasteiger partial charge in [-0.2, -0.15) is 0 Å². The first-order chi connectivity index (χ1) is 8.10. The average Bonchev–Trinajstić information content (AvgIpc) is 2.35. The quantitative estimate of drug-likeness (QED) is 0.365. The fourth-order valence-corrected chi connectivity index (χ4v) is 1.30. The molecule has 0 unspecified atom stereocenters. The lowest BCUT2D eigenvalue weighted by Gasteiger charge is -2.02. The van der Waals surface area contributed by atoms with Crippen molar-refractivity contribution in [3.05, 3.63) is 45.5 Å². The van der Waals surface area contributed by atoms with Crippen LogP contribution >= 0.6 is 0 Å². The third kappa shape index (κ3) is 3.12. The zero-order valence-electron chi connectivity index (χ0n) is 9.25. The predicted octanol–water partition coefficient (Wildman–Crippen LogP) is 1.11. The molecule has 1 aromatic rings. The molecule has 0 bridgehead atoms. The van der Waals surface area contributed by atoms with E-state index in [-0.39, 0.29) is 17.8 Å². The Labute approximate surface area is 97.8 Å². The molecule has 0 atom stereocenters. The van der Waals surface area contributed by atoms with Crippen molar-refractivity contribution in [2.24, 2.45) is 5.73 Å². The monoisotopic (exact) mass is 236 g/mol. The van der Waals surface area contributed by atoms with Crippen LogP contribution in [0.25, 0.3) is 6.08 Å². The Morgan fingerprint density at radius 3 is 2.71 bits per heavy atom. The first-order valence-electron chi connectivity index (χ1n) is 4.82. The second kappa shape index (κ2) is 5.76. The fraction of sp³-hybridized carbons (Fsp3) is 0.182. The van der Waals surface area contributed by atoms with E-state index in [0.717, 1.165) is 0 Å². The van der Waals surface area contributed by atoms with Gasteiger partial charge in [-0.1, -0.05) is 12.1 Å². The number of carbonyl (C=O) groups is 1. The minimum Gasteiger partial charge on any atom is -0.466 e. The molecule has 0 aliphatic carbocycles. The Morgan fingerprint density at radius 2 is 2.18 bits per heavy atom. The summed E-state index contributed by atoms with van der Waals surface area (Å²) in [6.45, 7) is -0.0429. The predicted molar refractivity (Wildman–Crippen MR) is 62.1 cm³/mol. The second-order valence-corrected chi connectivity index (χ2v) is 3.18. The van der Waals surface area contributed by atoms with Crippen molar-refractivity contribution in [3.63, 3.8) is 0 Å². The van der Waals surface area contributed by atoms with Crippen LogP contribution in [0.4, 0.5) is 5.69 Å². The van der Waals surface area contributed by atoms with Gasteiger partial charge in [0, 0.05) is 12.6 Å². The van der Waals surface area contributed by atoms with Crippen molar-refractivity contribution < 1.29 is 14.5 Å². The lowest BCUT2D eigenvalue weighted by atomic mass is 10.1. The molecule has 0 amide bonds. The molecular formula is C11H12N2O4. The molecule has 0 aromatic heterocycles. The van der Waals surface area contributed by atoms with Crippen LogP contribution in [0.3, 0.4) is 0 Å². The molecule has 90 valence electrons. The summed E-state index contributed by atoms with van der Waals surface area (Å²) in [5, 5.41) is 10.8. The van der Waals surface area contributed by atoms with Crippen molar-refractivity contribution in [1.82, 2.24) is 0 Å². The van der Waals surface area contributed by atoms with E-state index in [1.807, 2.05) is 0 Å². The number of ether oxygens (including phenoxy) is 1. The van der Waals surface area contributed by atoms with Gasteiger partial charge in [-0.3, -0.25) is 10.1 Å². The summed E-state index contributed by atoms with van der Waals surface area (Å²) in [7, 11) is 1.23. The average molecular weight is 236 g/mol. The van der Waals surface area contributed by atoms with Crippen LogP contribution in [-0.2, 0) is 9.53 Å². The summed E-state index contributed by atoms with van der Waals surface area (Å²) in [4.78, 5) is 21.5. The molecule has 1 aromatic carbocycles. The van der Waals surface area contributed by atoms with Crippen LogP contribution in [0.5, 0.6) is 0 Å². The first-order valence-corrected chi connectivity index (χ1v) is 4.82. The van der Waals surface area contributed by atoms with Crippen LogP contribution in [0.2, 0.25) is 0 Å². The second-order valence-electron chi connectivity index (χ2n) is 3.18. The smallest absolute Gasteiger partial charge is 0.335 e. The highest BCUT2D eigenvalue weighted by Crippen LogP contribution is 2.20. The molecule has 0 aliphatic rings. The highest BCUT2D eigenvalue weighted by atomic mass is 16.6. The van der Waals surface area contributed by atoms with Gasteiger partial charge in [0.2, 0.25) is 0 Å². The molecular weight excluding hydrogens is 224 g/mol. The number of methoxy groups -OCH3 is 1. The maximum Gasteiger partial charge on any atom is 0.335 e. The number of carbonyl (C=O) groups excluding carboxylic acids is 1. The van der Waals surface area contributed by atoms with Crippen molar-refractivity contribution in [1.29, 1.82) is 0 Å². The topological polar surface area (TPSA) is 95.5 Å². The van der Waals surface area contributed by atoms with Crippen molar-refractivity contribution in [3.8, 4) is 0 Å². The molecule has 0 saturated heterocycles. The van der Waals surface area contributed by atoms with Gasteiger partial charge in [-0.05, 0) is 12.1 Å². The summed E-state index contributed by atoms with van der Waals surface area (Å²) in [6.07, 6.45) is 1.37. The van der Waals surface area contributed by atoms with E-state index in [0.29, 0.717) is 5.56 Å². The minimum absolute atomic E-state index is 0.0429. The zero-order valence-corrected chi connectivity index (χ0v) is 9.25. The van der Waals surface area contributed by atoms with Crippen molar-refractivity contribution in [2.75, 3.05) is 13.7 Å².